The summed E-state index contributed by atoms with van der Waals surface area (Å²) in [6, 6.07) is 3.19. The lowest BCUT2D eigenvalue weighted by atomic mass is 9.98. The molecule has 0 aliphatic heterocycles. The van der Waals surface area contributed by atoms with Gasteiger partial charge in [0.05, 0.1) is 22.0 Å². The second kappa shape index (κ2) is 8.35. The van der Waals surface area contributed by atoms with E-state index in [-0.39, 0.29) is 28.4 Å². The molecule has 1 aliphatic rings. The Labute approximate surface area is 168 Å². The lowest BCUT2D eigenvalue weighted by molar-refractivity contribution is -0.384. The number of aryl methyl sites for hydroxylation is 1. The van der Waals surface area contributed by atoms with Crippen molar-refractivity contribution in [2.45, 2.75) is 32.6 Å². The smallest absolute Gasteiger partial charge is 0.338 e. The number of fused-ring (bicyclic) bond motifs is 1. The summed E-state index contributed by atoms with van der Waals surface area (Å²) in [5.41, 5.74) is -0.267. The molecule has 1 N–H and O–H groups in total. The zero-order valence-corrected chi connectivity index (χ0v) is 16.2. The third kappa shape index (κ3) is 4.24. The Morgan fingerprint density at radius 3 is 2.45 bits per heavy atom. The molecule has 0 bridgehead atoms. The van der Waals surface area contributed by atoms with Crippen molar-refractivity contribution in [1.82, 2.24) is 0 Å². The van der Waals surface area contributed by atoms with Gasteiger partial charge in [0.15, 0.2) is 5.00 Å². The van der Waals surface area contributed by atoms with Gasteiger partial charge in [-0.1, -0.05) is 0 Å². The van der Waals surface area contributed by atoms with E-state index >= 15 is 0 Å². The molecule has 0 saturated carbocycles. The van der Waals surface area contributed by atoms with Gasteiger partial charge in [0.1, 0.15) is 0 Å². The third-order valence-corrected chi connectivity index (χ3v) is 5.65. The first-order valence-corrected chi connectivity index (χ1v) is 9.70. The Morgan fingerprint density at radius 2 is 1.79 bits per heavy atom. The minimum Gasteiger partial charge on any atom is -0.462 e. The molecule has 1 amide bonds. The van der Waals surface area contributed by atoms with Gasteiger partial charge in [-0.3, -0.25) is 25.0 Å². The summed E-state index contributed by atoms with van der Waals surface area (Å²) in [4.78, 5) is 47.0. The number of carbonyl (C=O) groups excluding carboxylic acids is 2. The van der Waals surface area contributed by atoms with Crippen LogP contribution in [0.1, 0.15) is 50.9 Å². The van der Waals surface area contributed by atoms with Crippen LogP contribution in [0.4, 0.5) is 16.4 Å². The van der Waals surface area contributed by atoms with E-state index in [1.54, 1.807) is 6.92 Å². The number of ether oxygens (including phenoxy) is 1. The van der Waals surface area contributed by atoms with Crippen molar-refractivity contribution in [3.05, 3.63) is 60.0 Å². The van der Waals surface area contributed by atoms with Crippen molar-refractivity contribution in [2.24, 2.45) is 0 Å². The molecular weight excluding hydrogens is 402 g/mol. The van der Waals surface area contributed by atoms with Crippen LogP contribution in [0.25, 0.3) is 0 Å². The summed E-state index contributed by atoms with van der Waals surface area (Å²) < 4.78 is 4.84. The van der Waals surface area contributed by atoms with E-state index in [0.29, 0.717) is 18.4 Å². The second-order valence-electron chi connectivity index (χ2n) is 6.35. The highest BCUT2D eigenvalue weighted by Crippen LogP contribution is 2.43. The molecule has 1 heterocycles. The number of amides is 1. The number of nitrogens with one attached hydrogen (secondary N) is 1. The van der Waals surface area contributed by atoms with Crippen molar-refractivity contribution in [3.8, 4) is 0 Å². The average Bonchev–Trinajstić information content (AvgIpc) is 3.05. The number of benzene rings is 1. The summed E-state index contributed by atoms with van der Waals surface area (Å²) in [6.45, 7) is 1.65. The van der Waals surface area contributed by atoms with E-state index in [4.69, 9.17) is 4.74 Å². The number of nitro groups is 2. The van der Waals surface area contributed by atoms with E-state index in [1.807, 2.05) is 0 Å². The van der Waals surface area contributed by atoms with Crippen LogP contribution >= 0.6 is 11.3 Å². The Balaban J connectivity index is 1.97. The molecule has 0 atom stereocenters. The molecule has 1 aromatic carbocycles. The maximum absolute atomic E-state index is 12.7. The Bertz CT molecular complexity index is 1020. The molecule has 0 fully saturated rings. The number of nitro benzene ring substituents is 1. The molecule has 0 spiro atoms. The first-order chi connectivity index (χ1) is 13.8. The molecule has 152 valence electrons. The number of non-ortho nitro benzene ring substituents is 1. The molecule has 3 rings (SSSR count). The van der Waals surface area contributed by atoms with Crippen molar-refractivity contribution < 1.29 is 24.2 Å². The predicted octanol–water partition coefficient (Wildman–Crippen LogP) is 3.87. The van der Waals surface area contributed by atoms with Crippen molar-refractivity contribution >= 4 is 39.6 Å². The normalized spacial score (nSPS) is 12.7. The molecule has 1 aliphatic carbocycles. The lowest BCUT2D eigenvalue weighted by Crippen LogP contribution is -2.14. The number of thiophene rings is 1. The van der Waals surface area contributed by atoms with Crippen molar-refractivity contribution in [1.29, 1.82) is 0 Å². The van der Waals surface area contributed by atoms with Gasteiger partial charge < -0.3 is 10.1 Å². The Hall–Kier alpha value is -3.34. The first kappa shape index (κ1) is 20.4. The summed E-state index contributed by atoms with van der Waals surface area (Å²) in [6.07, 6.45) is 3.04. The highest BCUT2D eigenvalue weighted by atomic mass is 32.1. The maximum Gasteiger partial charge on any atom is 0.338 e. The second-order valence-corrected chi connectivity index (χ2v) is 7.45. The fourth-order valence-electron chi connectivity index (χ4n) is 3.18. The molecule has 11 heteroatoms. The molecule has 29 heavy (non-hydrogen) atoms. The van der Waals surface area contributed by atoms with Crippen LogP contribution in [-0.4, -0.2) is 28.3 Å². The monoisotopic (exact) mass is 419 g/mol. The zero-order chi connectivity index (χ0) is 21.1. The molecule has 1 aromatic heterocycles. The quantitative estimate of drug-likeness (QED) is 0.425. The van der Waals surface area contributed by atoms with Gasteiger partial charge in [-0.15, -0.1) is 11.3 Å². The predicted molar refractivity (Wildman–Crippen MR) is 105 cm³/mol. The van der Waals surface area contributed by atoms with Gasteiger partial charge in [0.25, 0.3) is 11.6 Å². The SMILES string of the molecule is CCOC(=O)c1cc(C(=O)Nc2sc3c(c2[N+](=O)[O-])CCCC3)cc([N+](=O)[O-])c1. The maximum atomic E-state index is 12.7. The first-order valence-electron chi connectivity index (χ1n) is 8.88. The lowest BCUT2D eigenvalue weighted by Gasteiger charge is -2.08. The zero-order valence-electron chi connectivity index (χ0n) is 15.4. The number of hydrogen-bond acceptors (Lipinski definition) is 8. The Morgan fingerprint density at radius 1 is 1.10 bits per heavy atom. The topological polar surface area (TPSA) is 142 Å². The van der Waals surface area contributed by atoms with Crippen LogP contribution in [0.5, 0.6) is 0 Å². The van der Waals surface area contributed by atoms with Gasteiger partial charge in [-0.05, 0) is 38.7 Å². The van der Waals surface area contributed by atoms with Gasteiger partial charge in [-0.2, -0.15) is 0 Å². The number of esters is 1. The highest BCUT2D eigenvalue weighted by molar-refractivity contribution is 7.17. The number of nitrogens with zero attached hydrogens (tertiary/aromatic N) is 2. The van der Waals surface area contributed by atoms with Crippen LogP contribution in [-0.2, 0) is 17.6 Å². The summed E-state index contributed by atoms with van der Waals surface area (Å²) >= 11 is 1.14. The third-order valence-electron chi connectivity index (χ3n) is 4.45. The van der Waals surface area contributed by atoms with Gasteiger partial charge in [-0.25, -0.2) is 4.79 Å². The van der Waals surface area contributed by atoms with E-state index in [1.165, 1.54) is 6.07 Å². The number of carbonyl (C=O) groups is 2. The molecule has 0 radical (unpaired) electrons. The van der Waals surface area contributed by atoms with Gasteiger partial charge in [0, 0.05) is 28.1 Å². The van der Waals surface area contributed by atoms with Gasteiger partial charge >= 0.3 is 11.7 Å². The van der Waals surface area contributed by atoms with Crippen molar-refractivity contribution in [2.75, 3.05) is 11.9 Å². The minimum atomic E-state index is -0.803. The summed E-state index contributed by atoms with van der Waals surface area (Å²) in [5.74, 6) is -1.58. The minimum absolute atomic E-state index is 0.0655. The van der Waals surface area contributed by atoms with Crippen LogP contribution in [0.3, 0.4) is 0 Å². The van der Waals surface area contributed by atoms with Gasteiger partial charge in [0.2, 0.25) is 0 Å². The molecule has 0 unspecified atom stereocenters. The van der Waals surface area contributed by atoms with E-state index in [9.17, 15) is 29.8 Å². The number of anilines is 1. The Kier molecular flexibility index (Phi) is 5.87. The highest BCUT2D eigenvalue weighted by Gasteiger charge is 2.30. The van der Waals surface area contributed by atoms with Crippen LogP contribution < -0.4 is 5.32 Å². The van der Waals surface area contributed by atoms with E-state index in [0.717, 1.165) is 41.2 Å². The number of hydrogen-bond donors (Lipinski definition) is 1. The van der Waals surface area contributed by atoms with Crippen molar-refractivity contribution in [3.63, 3.8) is 0 Å². The fraction of sp³-hybridized carbons (Fsp3) is 0.333. The van der Waals surface area contributed by atoms with E-state index in [2.05, 4.69) is 5.32 Å². The molecular formula is C18H17N3O7S. The van der Waals surface area contributed by atoms with Crippen LogP contribution in [0.15, 0.2) is 18.2 Å². The molecule has 0 saturated heterocycles. The summed E-state index contributed by atoms with van der Waals surface area (Å²) in [7, 11) is 0. The van der Waals surface area contributed by atoms with Crippen LogP contribution in [0.2, 0.25) is 0 Å². The largest absolute Gasteiger partial charge is 0.462 e. The average molecular weight is 419 g/mol. The standard InChI is InChI=1S/C18H17N3O7S/c1-2-28-18(23)11-7-10(8-12(9-11)20(24)25)16(22)19-17-15(21(26)27)13-5-3-4-6-14(13)29-17/h7-9H,2-6H2,1H3,(H,19,22). The number of rotatable bonds is 6. The molecule has 10 nitrogen and oxygen atoms in total. The van der Waals surface area contributed by atoms with Crippen LogP contribution in [0, 0.1) is 20.2 Å². The summed E-state index contributed by atoms with van der Waals surface area (Å²) in [5, 5.41) is 25.3. The molecule has 2 aromatic rings. The van der Waals surface area contributed by atoms with E-state index < -0.39 is 27.4 Å². The fourth-order valence-corrected chi connectivity index (χ4v) is 4.44.